The number of rotatable bonds is 22. The first-order chi connectivity index (χ1) is 21.3. The molecule has 11 heteroatoms. The Labute approximate surface area is 294 Å². The minimum absolute atomic E-state index is 0. The Kier molecular flexibility index (Phi) is 18.8. The summed E-state index contributed by atoms with van der Waals surface area (Å²) in [5.41, 5.74) is 1.26. The van der Waals surface area contributed by atoms with E-state index >= 15 is 0 Å². The molecule has 3 rings (SSSR count). The number of carbonyl (C=O) groups is 2. The molecule has 8 nitrogen and oxygen atoms in total. The van der Waals surface area contributed by atoms with Gasteiger partial charge < -0.3 is 14.6 Å². The molecule has 45 heavy (non-hydrogen) atoms. The van der Waals surface area contributed by atoms with Gasteiger partial charge in [0.25, 0.3) is 0 Å². The summed E-state index contributed by atoms with van der Waals surface area (Å²) in [6.07, 6.45) is 18.0. The van der Waals surface area contributed by atoms with Gasteiger partial charge in [0.1, 0.15) is 15.9 Å². The molecule has 0 bridgehead atoms. The van der Waals surface area contributed by atoms with Gasteiger partial charge in [0, 0.05) is 16.5 Å². The fourth-order valence-corrected chi connectivity index (χ4v) is 6.16. The summed E-state index contributed by atoms with van der Waals surface area (Å²) in [5.74, 6) is -0.138. The molecule has 1 N–H and O–H groups in total. The van der Waals surface area contributed by atoms with Crippen molar-refractivity contribution in [3.63, 3.8) is 0 Å². The second kappa shape index (κ2) is 21.7. The Morgan fingerprint density at radius 2 is 1.42 bits per heavy atom. The van der Waals surface area contributed by atoms with Gasteiger partial charge in [0.2, 0.25) is 5.91 Å². The average molecular weight is 665 g/mol. The van der Waals surface area contributed by atoms with Crippen LogP contribution in [0.4, 0.5) is 5.13 Å². The Hall–Kier alpha value is -2.08. The van der Waals surface area contributed by atoms with Gasteiger partial charge in [0.15, 0.2) is 10.9 Å². The van der Waals surface area contributed by atoms with Crippen molar-refractivity contribution in [2.75, 3.05) is 11.9 Å². The summed E-state index contributed by atoms with van der Waals surface area (Å²) >= 11 is 1.13. The number of nitrogens with one attached hydrogen (secondary N) is 1. The number of thiazole rings is 1. The van der Waals surface area contributed by atoms with Crippen molar-refractivity contribution in [2.45, 2.75) is 108 Å². The van der Waals surface area contributed by atoms with E-state index in [-0.39, 0.29) is 51.8 Å². The van der Waals surface area contributed by atoms with Crippen LogP contribution in [0.1, 0.15) is 114 Å². The molecule has 0 aliphatic heterocycles. The fraction of sp³-hybridized carbons (Fsp3) is 0.500. The molecular weight excluding hydrogens is 620 g/mol. The Bertz CT molecular complexity index is 1410. The molecule has 1 heterocycles. The number of benzene rings is 2. The van der Waals surface area contributed by atoms with Crippen molar-refractivity contribution in [1.29, 1.82) is 0 Å². The maximum atomic E-state index is 12.6. The third-order valence-corrected chi connectivity index (χ3v) is 9.02. The van der Waals surface area contributed by atoms with Crippen LogP contribution in [0.3, 0.4) is 0 Å². The number of ether oxygens (including phenoxy) is 1. The van der Waals surface area contributed by atoms with Crippen LogP contribution < -0.4 is 39.6 Å². The molecule has 0 radical (unpaired) electrons. The second-order valence-corrected chi connectivity index (χ2v) is 13.4. The molecule has 0 fully saturated rings. The normalized spacial score (nSPS) is 11.2. The van der Waals surface area contributed by atoms with Gasteiger partial charge in [-0.1, -0.05) is 103 Å². The Morgan fingerprint density at radius 3 is 2.00 bits per heavy atom. The molecule has 0 spiro atoms. The van der Waals surface area contributed by atoms with E-state index in [1.54, 1.807) is 35.7 Å². The summed E-state index contributed by atoms with van der Waals surface area (Å²) in [6, 6.07) is 12.3. The number of hydrogen-bond acceptors (Lipinski definition) is 8. The molecule has 0 unspecified atom stereocenters. The quantitative estimate of drug-likeness (QED) is 0.0474. The summed E-state index contributed by atoms with van der Waals surface area (Å²) in [6.45, 7) is 2.90. The number of hydrogen-bond donors (Lipinski definition) is 1. The van der Waals surface area contributed by atoms with Crippen molar-refractivity contribution in [3.8, 4) is 17.0 Å². The van der Waals surface area contributed by atoms with E-state index < -0.39 is 16.0 Å². The van der Waals surface area contributed by atoms with E-state index in [0.29, 0.717) is 29.2 Å². The van der Waals surface area contributed by atoms with Crippen LogP contribution in [0.25, 0.3) is 11.3 Å². The second-order valence-electron chi connectivity index (χ2n) is 11.1. The topological polar surface area (TPSA) is 125 Å². The molecule has 1 aromatic heterocycles. The molecule has 3 aromatic rings. The zero-order valence-corrected chi connectivity index (χ0v) is 30.4. The molecule has 240 valence electrons. The summed E-state index contributed by atoms with van der Waals surface area (Å²) in [5, 5.41) is 4.50. The minimum Gasteiger partial charge on any atom is -0.744 e. The van der Waals surface area contributed by atoms with E-state index in [1.165, 1.54) is 95.2 Å². The Morgan fingerprint density at radius 1 is 0.844 bits per heavy atom. The molecular formula is C34H45N2NaO6S2. The number of carbonyl (C=O) groups excluding carboxylic acids is 2. The van der Waals surface area contributed by atoms with Gasteiger partial charge in [-0.2, -0.15) is 0 Å². The fourth-order valence-electron chi connectivity index (χ4n) is 4.91. The van der Waals surface area contributed by atoms with E-state index in [4.69, 9.17) is 4.74 Å². The Balaban J connectivity index is 0.00000705. The summed E-state index contributed by atoms with van der Waals surface area (Å²) in [4.78, 5) is 29.0. The van der Waals surface area contributed by atoms with E-state index in [0.717, 1.165) is 24.2 Å². The third-order valence-electron chi connectivity index (χ3n) is 7.43. The molecule has 0 saturated carbocycles. The molecule has 0 aliphatic carbocycles. The van der Waals surface area contributed by atoms with Crippen molar-refractivity contribution >= 4 is 38.3 Å². The molecule has 0 aliphatic rings. The van der Waals surface area contributed by atoms with Crippen LogP contribution in [0, 0.1) is 0 Å². The van der Waals surface area contributed by atoms with Gasteiger partial charge in [-0.25, -0.2) is 13.4 Å². The van der Waals surface area contributed by atoms with Crippen molar-refractivity contribution in [3.05, 3.63) is 59.5 Å². The monoisotopic (exact) mass is 664 g/mol. The van der Waals surface area contributed by atoms with Crippen molar-refractivity contribution in [1.82, 2.24) is 4.98 Å². The van der Waals surface area contributed by atoms with Crippen LogP contribution in [0.15, 0.2) is 58.8 Å². The maximum Gasteiger partial charge on any atom is 1.00 e. The van der Waals surface area contributed by atoms with E-state index in [9.17, 15) is 22.6 Å². The molecule has 1 amide bonds. The van der Waals surface area contributed by atoms with E-state index in [1.807, 2.05) is 0 Å². The van der Waals surface area contributed by atoms with Crippen molar-refractivity contribution in [2.24, 2.45) is 0 Å². The molecule has 2 aromatic carbocycles. The number of ketones is 1. The van der Waals surface area contributed by atoms with Crippen LogP contribution in [0.2, 0.25) is 0 Å². The van der Waals surface area contributed by atoms with Crippen LogP contribution >= 0.6 is 11.3 Å². The van der Waals surface area contributed by atoms with Crippen LogP contribution in [0.5, 0.6) is 5.75 Å². The number of aromatic nitrogens is 1. The summed E-state index contributed by atoms with van der Waals surface area (Å²) < 4.78 is 39.7. The predicted octanol–water partition coefficient (Wildman–Crippen LogP) is 5.79. The van der Waals surface area contributed by atoms with Gasteiger partial charge in [-0.05, 0) is 42.8 Å². The van der Waals surface area contributed by atoms with Crippen molar-refractivity contribution < 1.29 is 56.9 Å². The van der Waals surface area contributed by atoms with Crippen LogP contribution in [-0.4, -0.2) is 36.3 Å². The maximum absolute atomic E-state index is 12.6. The average Bonchev–Trinajstić information content (AvgIpc) is 3.47. The van der Waals surface area contributed by atoms with Gasteiger partial charge in [0.05, 0.1) is 23.6 Å². The first-order valence-electron chi connectivity index (χ1n) is 15.8. The molecule has 0 saturated heterocycles. The number of anilines is 1. The SMILES string of the molecule is CCCCCCCCCCCCCCCCOc1ccc(C(=O)CC(=O)Nc2nc(-c3cccc(S(=O)(=O)[O-])c3)cs2)cc1.[Na+]. The third kappa shape index (κ3) is 15.4. The van der Waals surface area contributed by atoms with E-state index in [2.05, 4.69) is 17.2 Å². The number of amides is 1. The zero-order valence-electron chi connectivity index (χ0n) is 26.7. The van der Waals surface area contributed by atoms with Gasteiger partial charge in [-0.3, -0.25) is 9.59 Å². The van der Waals surface area contributed by atoms with Gasteiger partial charge >= 0.3 is 29.6 Å². The predicted molar refractivity (Wildman–Crippen MR) is 175 cm³/mol. The van der Waals surface area contributed by atoms with Crippen LogP contribution in [-0.2, 0) is 14.9 Å². The number of Topliss-reactive ketones (excluding diaryl/α,β-unsaturated/α-hetero) is 1. The number of nitrogens with zero attached hydrogens (tertiary/aromatic N) is 1. The summed E-state index contributed by atoms with van der Waals surface area (Å²) in [7, 11) is -4.59. The molecule has 0 atom stereocenters. The first-order valence-corrected chi connectivity index (χ1v) is 18.1. The number of unbranched alkanes of at least 4 members (excludes halogenated alkanes) is 13. The standard InChI is InChI=1S/C34H46N2O6S2.Na/c1-2-3-4-5-6-7-8-9-10-11-12-13-14-15-23-42-29-21-19-27(20-22-29)32(37)25-33(38)36-34-35-31(26-43-34)28-17-16-18-30(24-28)44(39,40)41;/h16-22,24,26H,2-15,23,25H2,1H3,(H,35,36,38)(H,39,40,41);/q;+1/p-1. The van der Waals surface area contributed by atoms with Gasteiger partial charge in [-0.15, -0.1) is 11.3 Å². The first kappa shape index (κ1) is 39.1. The largest absolute Gasteiger partial charge is 1.00 e. The zero-order chi connectivity index (χ0) is 31.6. The minimum atomic E-state index is -4.59. The smallest absolute Gasteiger partial charge is 0.744 e.